The zero-order chi connectivity index (χ0) is 25.7. The Morgan fingerprint density at radius 1 is 1.36 bits per heavy atom. The average molecular weight is 553 g/mol. The number of nitrogens with one attached hydrogen (secondary N) is 1. The summed E-state index contributed by atoms with van der Waals surface area (Å²) in [6.07, 6.45) is 2.14. The lowest BCUT2D eigenvalue weighted by Crippen LogP contribution is -2.49. The molecule has 0 spiro atoms. The van der Waals surface area contributed by atoms with Gasteiger partial charge in [-0.25, -0.2) is 9.78 Å². The summed E-state index contributed by atoms with van der Waals surface area (Å²) in [6.45, 7) is 3.78. The third kappa shape index (κ3) is 6.24. The minimum absolute atomic E-state index is 0.0244. The Labute approximate surface area is 222 Å². The number of thiazole rings is 1. The summed E-state index contributed by atoms with van der Waals surface area (Å²) >= 11 is 14.1. The fourth-order valence-corrected chi connectivity index (χ4v) is 5.32. The van der Waals surface area contributed by atoms with Crippen LogP contribution in [-0.2, 0) is 19.1 Å². The molecule has 1 aromatic carbocycles. The molecule has 2 atom stereocenters. The summed E-state index contributed by atoms with van der Waals surface area (Å²) in [5, 5.41) is 15.9. The quantitative estimate of drug-likeness (QED) is 0.450. The van der Waals surface area contributed by atoms with Crippen LogP contribution in [0.4, 0.5) is 0 Å². The number of hydrogen-bond donors (Lipinski definition) is 2. The van der Waals surface area contributed by atoms with E-state index in [2.05, 4.69) is 15.2 Å². The second-order valence-corrected chi connectivity index (χ2v) is 9.99. The molecule has 192 valence electrons. The molecular formula is C24H26Cl2N4O5S. The van der Waals surface area contributed by atoms with Crippen LogP contribution >= 0.6 is 34.5 Å². The van der Waals surface area contributed by atoms with Crippen LogP contribution in [0.5, 0.6) is 0 Å². The molecular weight excluding hydrogens is 527 g/mol. The van der Waals surface area contributed by atoms with E-state index in [0.29, 0.717) is 70.4 Å². The molecule has 1 unspecified atom stereocenters. The molecule has 9 nitrogen and oxygen atoms in total. The predicted molar refractivity (Wildman–Crippen MR) is 138 cm³/mol. The van der Waals surface area contributed by atoms with Crippen LogP contribution in [-0.4, -0.2) is 71.7 Å². The number of esters is 1. The van der Waals surface area contributed by atoms with Crippen molar-refractivity contribution < 1.29 is 24.2 Å². The van der Waals surface area contributed by atoms with Gasteiger partial charge in [0.15, 0.2) is 10.8 Å². The minimum atomic E-state index is -0.863. The maximum Gasteiger partial charge on any atom is 0.338 e. The van der Waals surface area contributed by atoms with Gasteiger partial charge in [-0.05, 0) is 25.5 Å². The Hall–Kier alpha value is -2.50. The standard InChI is InChI=1S/C24H26Cl2N4O5S/c1-2-35-24(33)20-18(12-30-8-9-34-13-15(30)4-6-19(31)32)28-22(23-27-7-10-36-23)29-21(20)16-5-3-14(25)11-17(16)26/h3,5,7,10-11,15,21H,2,4,6,8-9,12-13H2,1H3,(H,28,29)(H,31,32)/t15?,21-/m0/s1. The fraction of sp³-hybridized carbons (Fsp3) is 0.417. The van der Waals surface area contributed by atoms with Gasteiger partial charge in [0.2, 0.25) is 0 Å². The van der Waals surface area contributed by atoms with Gasteiger partial charge in [-0.15, -0.1) is 11.3 Å². The largest absolute Gasteiger partial charge is 0.481 e. The first-order chi connectivity index (χ1) is 17.4. The van der Waals surface area contributed by atoms with Crippen LogP contribution in [0.3, 0.4) is 0 Å². The van der Waals surface area contributed by atoms with Gasteiger partial charge in [0.25, 0.3) is 0 Å². The molecule has 0 bridgehead atoms. The van der Waals surface area contributed by atoms with E-state index >= 15 is 0 Å². The topological polar surface area (TPSA) is 113 Å². The third-order valence-corrected chi connectivity index (χ3v) is 7.26. The van der Waals surface area contributed by atoms with E-state index in [4.69, 9.17) is 37.7 Å². The number of rotatable bonds is 9. The van der Waals surface area contributed by atoms with Gasteiger partial charge in [-0.1, -0.05) is 29.3 Å². The zero-order valence-corrected chi connectivity index (χ0v) is 21.9. The summed E-state index contributed by atoms with van der Waals surface area (Å²) < 4.78 is 11.1. The second kappa shape index (κ2) is 12.2. The van der Waals surface area contributed by atoms with Gasteiger partial charge in [0.1, 0.15) is 6.04 Å². The van der Waals surface area contributed by atoms with E-state index in [0.717, 1.165) is 0 Å². The molecule has 4 rings (SSSR count). The van der Waals surface area contributed by atoms with Gasteiger partial charge in [0.05, 0.1) is 25.4 Å². The summed E-state index contributed by atoms with van der Waals surface area (Å²) in [7, 11) is 0. The number of carboxylic acids is 1. The molecule has 2 aliphatic rings. The number of carboxylic acid groups (broad SMARTS) is 1. The number of amidine groups is 1. The molecule has 0 radical (unpaired) electrons. The number of hydrogen-bond acceptors (Lipinski definition) is 9. The number of nitrogens with zero attached hydrogens (tertiary/aromatic N) is 3. The predicted octanol–water partition coefficient (Wildman–Crippen LogP) is 3.92. The maximum absolute atomic E-state index is 13.3. The van der Waals surface area contributed by atoms with E-state index in [-0.39, 0.29) is 19.1 Å². The molecule has 2 N–H and O–H groups in total. The summed E-state index contributed by atoms with van der Waals surface area (Å²) in [4.78, 5) is 35.9. The van der Waals surface area contributed by atoms with Crippen LogP contribution < -0.4 is 5.32 Å². The minimum Gasteiger partial charge on any atom is -0.481 e. The van der Waals surface area contributed by atoms with Crippen molar-refractivity contribution in [1.82, 2.24) is 15.2 Å². The Bertz CT molecular complexity index is 1170. The van der Waals surface area contributed by atoms with Crippen LogP contribution in [0.2, 0.25) is 10.0 Å². The van der Waals surface area contributed by atoms with Crippen molar-refractivity contribution in [3.63, 3.8) is 0 Å². The van der Waals surface area contributed by atoms with E-state index in [1.807, 2.05) is 5.38 Å². The highest BCUT2D eigenvalue weighted by molar-refractivity contribution is 7.11. The maximum atomic E-state index is 13.3. The SMILES string of the molecule is CCOC(=O)C1=C(CN2CCOCC2CCC(=O)O)NC(c2nccs2)=N[C@H]1c1ccc(Cl)cc1Cl. The van der Waals surface area contributed by atoms with Crippen molar-refractivity contribution in [2.75, 3.05) is 32.9 Å². The molecule has 2 aliphatic heterocycles. The number of ether oxygens (including phenoxy) is 2. The van der Waals surface area contributed by atoms with Crippen molar-refractivity contribution in [3.8, 4) is 0 Å². The lowest BCUT2D eigenvalue weighted by Gasteiger charge is -2.37. The molecule has 36 heavy (non-hydrogen) atoms. The summed E-state index contributed by atoms with van der Waals surface area (Å²) in [5.41, 5.74) is 1.55. The lowest BCUT2D eigenvalue weighted by molar-refractivity contribution is -0.139. The highest BCUT2D eigenvalue weighted by Gasteiger charge is 2.36. The smallest absolute Gasteiger partial charge is 0.338 e. The zero-order valence-electron chi connectivity index (χ0n) is 19.6. The van der Waals surface area contributed by atoms with Crippen molar-refractivity contribution in [2.24, 2.45) is 4.99 Å². The van der Waals surface area contributed by atoms with Crippen molar-refractivity contribution in [2.45, 2.75) is 31.8 Å². The molecule has 0 amide bonds. The van der Waals surface area contributed by atoms with E-state index in [1.165, 1.54) is 11.3 Å². The van der Waals surface area contributed by atoms with Crippen molar-refractivity contribution in [3.05, 3.63) is 61.7 Å². The molecule has 1 aromatic heterocycles. The van der Waals surface area contributed by atoms with E-state index in [9.17, 15) is 14.7 Å². The molecule has 2 aromatic rings. The number of carbonyl (C=O) groups is 2. The van der Waals surface area contributed by atoms with Crippen LogP contribution in [0.15, 0.2) is 46.0 Å². The van der Waals surface area contributed by atoms with Crippen LogP contribution in [0.1, 0.15) is 36.4 Å². The average Bonchev–Trinajstić information content (AvgIpc) is 3.38. The Kier molecular flexibility index (Phi) is 8.97. The van der Waals surface area contributed by atoms with Gasteiger partial charge < -0.3 is 19.9 Å². The molecule has 1 saturated heterocycles. The molecule has 1 fully saturated rings. The van der Waals surface area contributed by atoms with Gasteiger partial charge >= 0.3 is 11.9 Å². The van der Waals surface area contributed by atoms with Crippen LogP contribution in [0.25, 0.3) is 0 Å². The molecule has 12 heteroatoms. The lowest BCUT2D eigenvalue weighted by atomic mass is 9.95. The first kappa shape index (κ1) is 26.6. The van der Waals surface area contributed by atoms with Gasteiger partial charge in [0, 0.05) is 58.4 Å². The molecule has 0 saturated carbocycles. The number of aliphatic imine (C=N–C) groups is 1. The Balaban J connectivity index is 1.78. The third-order valence-electron chi connectivity index (χ3n) is 5.92. The van der Waals surface area contributed by atoms with E-state index in [1.54, 1.807) is 31.3 Å². The second-order valence-electron chi connectivity index (χ2n) is 8.25. The molecule has 3 heterocycles. The van der Waals surface area contributed by atoms with E-state index < -0.39 is 18.0 Å². The first-order valence-corrected chi connectivity index (χ1v) is 13.1. The number of halogens is 2. The monoisotopic (exact) mass is 552 g/mol. The highest BCUT2D eigenvalue weighted by Crippen LogP contribution is 2.37. The van der Waals surface area contributed by atoms with Gasteiger partial charge in [-0.3, -0.25) is 14.7 Å². The van der Waals surface area contributed by atoms with Gasteiger partial charge in [-0.2, -0.15) is 0 Å². The summed E-state index contributed by atoms with van der Waals surface area (Å²) in [6, 6.07) is 4.21. The Morgan fingerprint density at radius 2 is 2.19 bits per heavy atom. The number of benzene rings is 1. The molecule has 0 aliphatic carbocycles. The summed E-state index contributed by atoms with van der Waals surface area (Å²) in [5.74, 6) is -0.855. The van der Waals surface area contributed by atoms with Crippen LogP contribution in [0, 0.1) is 0 Å². The number of morpholine rings is 1. The van der Waals surface area contributed by atoms with Crippen molar-refractivity contribution in [1.29, 1.82) is 0 Å². The number of aromatic nitrogens is 1. The fourth-order valence-electron chi connectivity index (χ4n) is 4.22. The number of carbonyl (C=O) groups excluding carboxylic acids is 1. The first-order valence-electron chi connectivity index (χ1n) is 11.5. The number of aliphatic carboxylic acids is 1. The highest BCUT2D eigenvalue weighted by atomic mass is 35.5. The van der Waals surface area contributed by atoms with Crippen molar-refractivity contribution >= 4 is 52.3 Å². The Morgan fingerprint density at radius 3 is 2.89 bits per heavy atom. The normalized spacial score (nSPS) is 20.6.